The molecule has 0 amide bonds. The van der Waals surface area contributed by atoms with E-state index in [9.17, 15) is 0 Å². The van der Waals surface area contributed by atoms with Crippen LogP contribution in [0.25, 0.3) is 55.0 Å². The van der Waals surface area contributed by atoms with Gasteiger partial charge in [-0.15, -0.1) is 0 Å². The number of nitrogens with zero attached hydrogens (tertiary/aromatic N) is 4. The summed E-state index contributed by atoms with van der Waals surface area (Å²) in [6, 6.07) is 75.3. The summed E-state index contributed by atoms with van der Waals surface area (Å²) in [6.45, 7) is 6.85. The number of para-hydroxylation sites is 6. The van der Waals surface area contributed by atoms with Gasteiger partial charge in [-0.25, -0.2) is 0 Å². The van der Waals surface area contributed by atoms with E-state index in [4.69, 9.17) is 23.2 Å². The minimum absolute atomic E-state index is 0.235. The molecule has 9 aromatic carbocycles. The average Bonchev–Trinajstić information content (AvgIpc) is 3.84. The van der Waals surface area contributed by atoms with Gasteiger partial charge in [-0.3, -0.25) is 0 Å². The third-order valence-electron chi connectivity index (χ3n) is 12.3. The minimum atomic E-state index is -0.235. The number of halogens is 2. The van der Waals surface area contributed by atoms with Crippen LogP contribution < -0.4 is 9.80 Å². The topological polar surface area (TPSA) is 16.3 Å². The molecule has 0 saturated carbocycles. The van der Waals surface area contributed by atoms with E-state index in [0.29, 0.717) is 10.0 Å². The van der Waals surface area contributed by atoms with Crippen molar-refractivity contribution in [3.05, 3.63) is 228 Å². The highest BCUT2D eigenvalue weighted by Gasteiger charge is 2.27. The molecule has 0 unspecified atom stereocenters. The van der Waals surface area contributed by atoms with Crippen LogP contribution in [-0.4, -0.2) is 9.13 Å². The summed E-state index contributed by atoms with van der Waals surface area (Å²) in [5, 5.41) is 6.02. The molecule has 0 aliphatic carbocycles. The first kappa shape index (κ1) is 39.6. The number of fused-ring (bicyclic) bond motifs is 6. The highest BCUT2D eigenvalue weighted by atomic mass is 35.5. The van der Waals surface area contributed by atoms with Crippen LogP contribution in [0.2, 0.25) is 10.0 Å². The molecule has 0 fully saturated rings. The fourth-order valence-corrected chi connectivity index (χ4v) is 9.79. The van der Waals surface area contributed by atoms with Crippen LogP contribution in [0.1, 0.15) is 26.3 Å². The zero-order valence-corrected chi connectivity index (χ0v) is 37.3. The Balaban J connectivity index is 1.25. The van der Waals surface area contributed by atoms with Gasteiger partial charge in [0.25, 0.3) is 0 Å². The van der Waals surface area contributed by atoms with Crippen molar-refractivity contribution in [2.75, 3.05) is 9.80 Å². The Labute approximate surface area is 383 Å². The SMILES string of the molecule is CC(C)(C)c1cc(N(c2cccc(Cl)c2)c2cccc3c4ccccc4n(-c4ccccc4)c23)cc(N(c2cccc(Cl)c2)c2cccc3c4ccccc4n(-c4ccccc4)c23)c1. The molecule has 0 atom stereocenters. The molecule has 0 N–H and O–H groups in total. The number of benzene rings is 9. The van der Waals surface area contributed by atoms with Crippen molar-refractivity contribution in [1.82, 2.24) is 9.13 Å². The maximum Gasteiger partial charge on any atom is 0.0782 e. The van der Waals surface area contributed by atoms with Gasteiger partial charge in [0, 0.05) is 65.7 Å². The van der Waals surface area contributed by atoms with Gasteiger partial charge >= 0.3 is 0 Å². The molecule has 0 saturated heterocycles. The molecule has 310 valence electrons. The fourth-order valence-electron chi connectivity index (χ4n) is 9.42. The second-order valence-electron chi connectivity index (χ2n) is 17.3. The van der Waals surface area contributed by atoms with Crippen LogP contribution in [0.4, 0.5) is 34.1 Å². The Morgan fingerprint density at radius 2 is 0.750 bits per heavy atom. The molecular formula is C58H44Cl2N4. The van der Waals surface area contributed by atoms with Gasteiger partial charge in [0.1, 0.15) is 0 Å². The zero-order valence-electron chi connectivity index (χ0n) is 35.8. The number of hydrogen-bond acceptors (Lipinski definition) is 2. The summed E-state index contributed by atoms with van der Waals surface area (Å²) in [4.78, 5) is 4.76. The van der Waals surface area contributed by atoms with Crippen LogP contribution in [0, 0.1) is 0 Å². The molecule has 64 heavy (non-hydrogen) atoms. The largest absolute Gasteiger partial charge is 0.308 e. The van der Waals surface area contributed by atoms with E-state index in [1.165, 1.54) is 16.3 Å². The lowest BCUT2D eigenvalue weighted by Crippen LogP contribution is -2.18. The van der Waals surface area contributed by atoms with Crippen molar-refractivity contribution >= 4 is 101 Å². The van der Waals surface area contributed by atoms with Crippen molar-refractivity contribution in [3.8, 4) is 11.4 Å². The Morgan fingerprint density at radius 3 is 1.17 bits per heavy atom. The van der Waals surface area contributed by atoms with E-state index in [1.54, 1.807) is 0 Å². The maximum atomic E-state index is 6.93. The molecular weight excluding hydrogens is 824 g/mol. The van der Waals surface area contributed by atoms with Gasteiger partial charge < -0.3 is 18.9 Å². The molecule has 4 nitrogen and oxygen atoms in total. The molecule has 11 rings (SSSR count). The average molecular weight is 868 g/mol. The second kappa shape index (κ2) is 15.8. The standard InChI is InChI=1S/C58H44Cl2N4/c1-58(2,3)39-34-46(61(44-24-14-18-40(59)36-44)54-32-16-28-50-48-26-10-12-30-52(48)63(56(50)54)42-20-6-4-7-21-42)38-47(35-39)62(45-25-15-19-41(60)37-45)55-33-17-29-51-49-27-11-13-31-53(49)64(57(51)55)43-22-8-5-9-23-43/h4-38H,1-3H3. The van der Waals surface area contributed by atoms with Gasteiger partial charge in [-0.1, -0.05) is 153 Å². The Hall–Kier alpha value is -7.24. The van der Waals surface area contributed by atoms with Gasteiger partial charge in [0.15, 0.2) is 0 Å². The summed E-state index contributed by atoms with van der Waals surface area (Å²) in [6.07, 6.45) is 0. The molecule has 0 aliphatic rings. The zero-order chi connectivity index (χ0) is 43.5. The fraction of sp³-hybridized carbons (Fsp3) is 0.0690. The maximum absolute atomic E-state index is 6.93. The molecule has 6 heteroatoms. The Morgan fingerprint density at radius 1 is 0.359 bits per heavy atom. The number of rotatable bonds is 8. The van der Waals surface area contributed by atoms with E-state index < -0.39 is 0 Å². The van der Waals surface area contributed by atoms with E-state index in [1.807, 2.05) is 24.3 Å². The number of aromatic nitrogens is 2. The normalized spacial score (nSPS) is 11.8. The Kier molecular flexibility index (Phi) is 9.80. The van der Waals surface area contributed by atoms with Crippen molar-refractivity contribution in [1.29, 1.82) is 0 Å². The first-order chi connectivity index (χ1) is 31.2. The van der Waals surface area contributed by atoms with E-state index >= 15 is 0 Å². The summed E-state index contributed by atoms with van der Waals surface area (Å²) in [5.74, 6) is 0. The molecule has 2 heterocycles. The lowest BCUT2D eigenvalue weighted by atomic mass is 9.86. The molecule has 0 spiro atoms. The van der Waals surface area contributed by atoms with Crippen molar-refractivity contribution in [3.63, 3.8) is 0 Å². The van der Waals surface area contributed by atoms with Crippen LogP contribution >= 0.6 is 23.2 Å². The van der Waals surface area contributed by atoms with Crippen molar-refractivity contribution in [2.24, 2.45) is 0 Å². The molecule has 0 aliphatic heterocycles. The van der Waals surface area contributed by atoms with Crippen molar-refractivity contribution in [2.45, 2.75) is 26.2 Å². The predicted molar refractivity (Wildman–Crippen MR) is 273 cm³/mol. The highest BCUT2D eigenvalue weighted by molar-refractivity contribution is 6.31. The second-order valence-corrected chi connectivity index (χ2v) is 18.2. The summed E-state index contributed by atoms with van der Waals surface area (Å²) in [7, 11) is 0. The summed E-state index contributed by atoms with van der Waals surface area (Å²) >= 11 is 13.9. The van der Waals surface area contributed by atoms with E-state index in [2.05, 4.69) is 228 Å². The van der Waals surface area contributed by atoms with Crippen molar-refractivity contribution < 1.29 is 0 Å². The van der Waals surface area contributed by atoms with E-state index in [0.717, 1.165) is 78.3 Å². The third-order valence-corrected chi connectivity index (χ3v) is 12.7. The lowest BCUT2D eigenvalue weighted by Gasteiger charge is -2.33. The smallest absolute Gasteiger partial charge is 0.0782 e. The van der Waals surface area contributed by atoms with Gasteiger partial charge in [0.05, 0.1) is 33.4 Å². The number of hydrogen-bond donors (Lipinski definition) is 0. The molecule has 0 radical (unpaired) electrons. The molecule has 11 aromatic rings. The first-order valence-corrected chi connectivity index (χ1v) is 22.4. The monoisotopic (exact) mass is 866 g/mol. The van der Waals surface area contributed by atoms with Gasteiger partial charge in [-0.05, 0) is 114 Å². The minimum Gasteiger partial charge on any atom is -0.308 e. The lowest BCUT2D eigenvalue weighted by molar-refractivity contribution is 0.590. The predicted octanol–water partition coefficient (Wildman–Crippen LogP) is 17.4. The first-order valence-electron chi connectivity index (χ1n) is 21.7. The number of anilines is 6. The van der Waals surface area contributed by atoms with Crippen LogP contribution in [-0.2, 0) is 5.41 Å². The van der Waals surface area contributed by atoms with Crippen LogP contribution in [0.3, 0.4) is 0 Å². The van der Waals surface area contributed by atoms with Crippen LogP contribution in [0.15, 0.2) is 212 Å². The summed E-state index contributed by atoms with van der Waals surface area (Å²) in [5.41, 5.74) is 13.5. The van der Waals surface area contributed by atoms with Gasteiger partial charge in [-0.2, -0.15) is 0 Å². The van der Waals surface area contributed by atoms with Crippen LogP contribution in [0.5, 0.6) is 0 Å². The molecule has 2 aromatic heterocycles. The Bertz CT molecular complexity index is 3300. The summed E-state index contributed by atoms with van der Waals surface area (Å²) < 4.78 is 4.79. The van der Waals surface area contributed by atoms with Gasteiger partial charge in [0.2, 0.25) is 0 Å². The third kappa shape index (κ3) is 6.78. The quantitative estimate of drug-likeness (QED) is 0.151. The highest BCUT2D eigenvalue weighted by Crippen LogP contribution is 2.49. The van der Waals surface area contributed by atoms with E-state index in [-0.39, 0.29) is 5.41 Å². The molecule has 0 bridgehead atoms.